The first-order valence-corrected chi connectivity index (χ1v) is 11.2. The van der Waals surface area contributed by atoms with E-state index in [4.69, 9.17) is 9.72 Å². The molecule has 2 aliphatic carbocycles. The third-order valence-corrected chi connectivity index (χ3v) is 7.47. The number of aromatic nitrogens is 1. The summed E-state index contributed by atoms with van der Waals surface area (Å²) >= 11 is 1.85. The maximum Gasteiger partial charge on any atom is 0.314 e. The van der Waals surface area contributed by atoms with Crippen LogP contribution in [0.25, 0.3) is 21.3 Å². The molecule has 0 saturated carbocycles. The molecule has 28 heavy (non-hydrogen) atoms. The van der Waals surface area contributed by atoms with E-state index >= 15 is 0 Å². The Morgan fingerprint density at radius 1 is 1.04 bits per heavy atom. The molecule has 0 amide bonds. The van der Waals surface area contributed by atoms with E-state index in [1.165, 1.54) is 52.5 Å². The average Bonchev–Trinajstić information content (AvgIpc) is 2.97. The number of methoxy groups -OCH3 is 1. The number of esters is 1. The topological polar surface area (TPSA) is 39.2 Å². The summed E-state index contributed by atoms with van der Waals surface area (Å²) in [5, 5.41) is 1.36. The van der Waals surface area contributed by atoms with Crippen LogP contribution in [0.4, 0.5) is 0 Å². The van der Waals surface area contributed by atoms with E-state index in [1.807, 2.05) is 11.3 Å². The second-order valence-corrected chi connectivity index (χ2v) is 9.01. The molecule has 3 nitrogen and oxygen atoms in total. The number of aryl methyl sites for hydroxylation is 2. The van der Waals surface area contributed by atoms with Crippen LogP contribution in [0.15, 0.2) is 30.3 Å². The van der Waals surface area contributed by atoms with E-state index in [0.29, 0.717) is 0 Å². The summed E-state index contributed by atoms with van der Waals surface area (Å²) in [5.41, 5.74) is 6.34. The van der Waals surface area contributed by atoms with Crippen molar-refractivity contribution in [1.82, 2.24) is 4.98 Å². The smallest absolute Gasteiger partial charge is 0.314 e. The quantitative estimate of drug-likeness (QED) is 0.408. The predicted octanol–water partition coefficient (Wildman–Crippen LogP) is 5.83. The Morgan fingerprint density at radius 3 is 2.61 bits per heavy atom. The molecule has 1 atom stereocenters. The Morgan fingerprint density at radius 2 is 1.79 bits per heavy atom. The van der Waals surface area contributed by atoms with Crippen molar-refractivity contribution >= 4 is 27.5 Å². The molecule has 0 unspecified atom stereocenters. The van der Waals surface area contributed by atoms with Gasteiger partial charge in [-0.1, -0.05) is 36.8 Å². The van der Waals surface area contributed by atoms with Crippen LogP contribution < -0.4 is 0 Å². The van der Waals surface area contributed by atoms with Crippen molar-refractivity contribution in [2.45, 2.75) is 57.3 Å². The third kappa shape index (κ3) is 2.86. The van der Waals surface area contributed by atoms with E-state index < -0.39 is 0 Å². The van der Waals surface area contributed by atoms with Crippen molar-refractivity contribution in [3.05, 3.63) is 52.0 Å². The largest absolute Gasteiger partial charge is 0.469 e. The number of thiophene rings is 1. The number of carbonyl (C=O) groups is 1. The molecule has 5 rings (SSSR count). The van der Waals surface area contributed by atoms with E-state index in [0.717, 1.165) is 49.0 Å². The highest BCUT2D eigenvalue weighted by Crippen LogP contribution is 2.46. The van der Waals surface area contributed by atoms with E-state index in [2.05, 4.69) is 30.3 Å². The molecule has 2 heterocycles. The fourth-order valence-electron chi connectivity index (χ4n) is 4.97. The van der Waals surface area contributed by atoms with Crippen molar-refractivity contribution in [2.24, 2.45) is 0 Å². The first-order chi connectivity index (χ1) is 13.8. The Labute approximate surface area is 169 Å². The molecule has 4 heteroatoms. The van der Waals surface area contributed by atoms with Crippen LogP contribution in [0.1, 0.15) is 59.7 Å². The second-order valence-electron chi connectivity index (χ2n) is 7.93. The lowest BCUT2D eigenvalue weighted by Gasteiger charge is -2.19. The van der Waals surface area contributed by atoms with Gasteiger partial charge < -0.3 is 4.74 Å². The minimum absolute atomic E-state index is 0.143. The van der Waals surface area contributed by atoms with Gasteiger partial charge in [0.1, 0.15) is 4.83 Å². The molecule has 1 aromatic carbocycles. The third-order valence-electron chi connectivity index (χ3n) is 6.28. The maximum absolute atomic E-state index is 12.6. The lowest BCUT2D eigenvalue weighted by Crippen LogP contribution is -2.16. The van der Waals surface area contributed by atoms with Crippen LogP contribution in [0.2, 0.25) is 0 Å². The normalized spacial score (nSPS) is 19.0. The van der Waals surface area contributed by atoms with Crippen molar-refractivity contribution in [3.8, 4) is 11.1 Å². The highest BCUT2D eigenvalue weighted by molar-refractivity contribution is 7.19. The number of ether oxygens (including phenoxy) is 1. The van der Waals surface area contributed by atoms with Crippen LogP contribution in [-0.4, -0.2) is 18.1 Å². The summed E-state index contributed by atoms with van der Waals surface area (Å²) in [6, 6.07) is 10.7. The fourth-order valence-corrected chi connectivity index (χ4v) is 6.25. The lowest BCUT2D eigenvalue weighted by atomic mass is 9.87. The van der Waals surface area contributed by atoms with Crippen LogP contribution in [0.5, 0.6) is 0 Å². The van der Waals surface area contributed by atoms with Crippen molar-refractivity contribution in [1.29, 1.82) is 0 Å². The van der Waals surface area contributed by atoms with E-state index in [1.54, 1.807) is 0 Å². The van der Waals surface area contributed by atoms with Gasteiger partial charge in [-0.05, 0) is 67.2 Å². The molecule has 0 spiro atoms. The summed E-state index contributed by atoms with van der Waals surface area (Å²) < 4.78 is 5.17. The van der Waals surface area contributed by atoms with E-state index in [-0.39, 0.29) is 11.9 Å². The number of hydrogen-bond acceptors (Lipinski definition) is 4. The van der Waals surface area contributed by atoms with Crippen LogP contribution in [0, 0.1) is 0 Å². The first kappa shape index (κ1) is 17.9. The SMILES string of the molecule is COC(=O)[C@@H]1CCCCc2c1nc1sc3c(c1c2-c1ccccc1)CCCC3. The first-order valence-electron chi connectivity index (χ1n) is 10.4. The highest BCUT2D eigenvalue weighted by atomic mass is 32.1. The van der Waals surface area contributed by atoms with Gasteiger partial charge in [0, 0.05) is 10.3 Å². The van der Waals surface area contributed by atoms with Gasteiger partial charge in [-0.15, -0.1) is 11.3 Å². The Hall–Kier alpha value is -2.20. The molecular weight excluding hydrogens is 366 g/mol. The minimum atomic E-state index is -0.242. The standard InChI is InChI=1S/C24H25NO2S/c1-27-24(26)18-13-6-5-12-17-20(15-9-3-2-4-10-15)21-16-11-7-8-14-19(16)28-23(21)25-22(17)18/h2-4,9-10,18H,5-8,11-14H2,1H3/t18-/m1/s1. The van der Waals surface area contributed by atoms with Crippen molar-refractivity contribution in [2.75, 3.05) is 7.11 Å². The van der Waals surface area contributed by atoms with Gasteiger partial charge in [0.2, 0.25) is 0 Å². The zero-order valence-electron chi connectivity index (χ0n) is 16.3. The molecule has 2 aliphatic rings. The zero-order valence-corrected chi connectivity index (χ0v) is 17.1. The van der Waals surface area contributed by atoms with Crippen molar-refractivity contribution in [3.63, 3.8) is 0 Å². The molecule has 0 N–H and O–H groups in total. The van der Waals surface area contributed by atoms with Crippen LogP contribution in [-0.2, 0) is 28.8 Å². The summed E-state index contributed by atoms with van der Waals surface area (Å²) in [6.45, 7) is 0. The number of hydrogen-bond donors (Lipinski definition) is 0. The van der Waals surface area contributed by atoms with Gasteiger partial charge >= 0.3 is 5.97 Å². The molecule has 0 saturated heterocycles. The Kier molecular flexibility index (Phi) is 4.67. The van der Waals surface area contributed by atoms with Gasteiger partial charge in [-0.2, -0.15) is 0 Å². The summed E-state index contributed by atoms with van der Waals surface area (Å²) in [7, 11) is 1.49. The molecule has 0 bridgehead atoms. The number of fused-ring (bicyclic) bond motifs is 4. The molecule has 144 valence electrons. The molecule has 0 radical (unpaired) electrons. The van der Waals surface area contributed by atoms with Gasteiger partial charge in [0.15, 0.2) is 0 Å². The highest BCUT2D eigenvalue weighted by Gasteiger charge is 2.32. The van der Waals surface area contributed by atoms with Gasteiger partial charge in [0.25, 0.3) is 0 Å². The molecule has 0 fully saturated rings. The Balaban J connectivity index is 1.86. The number of benzene rings is 1. The lowest BCUT2D eigenvalue weighted by molar-refractivity contribution is -0.142. The number of carbonyl (C=O) groups excluding carboxylic acids is 1. The number of pyridine rings is 1. The van der Waals surface area contributed by atoms with Gasteiger partial charge in [-0.3, -0.25) is 4.79 Å². The second kappa shape index (κ2) is 7.32. The van der Waals surface area contributed by atoms with Crippen LogP contribution >= 0.6 is 11.3 Å². The zero-order chi connectivity index (χ0) is 19.1. The van der Waals surface area contributed by atoms with Gasteiger partial charge in [-0.25, -0.2) is 4.98 Å². The molecule has 0 aliphatic heterocycles. The number of nitrogens with zero attached hydrogens (tertiary/aromatic N) is 1. The maximum atomic E-state index is 12.6. The molecule has 2 aromatic heterocycles. The van der Waals surface area contributed by atoms with E-state index in [9.17, 15) is 4.79 Å². The van der Waals surface area contributed by atoms with Crippen LogP contribution in [0.3, 0.4) is 0 Å². The monoisotopic (exact) mass is 391 g/mol. The summed E-state index contributed by atoms with van der Waals surface area (Å²) in [6.07, 6.45) is 8.79. The number of rotatable bonds is 2. The summed E-state index contributed by atoms with van der Waals surface area (Å²) in [4.78, 5) is 20.3. The summed E-state index contributed by atoms with van der Waals surface area (Å²) in [5.74, 6) is -0.385. The molecular formula is C24H25NO2S. The minimum Gasteiger partial charge on any atom is -0.469 e. The molecule has 3 aromatic rings. The average molecular weight is 392 g/mol. The van der Waals surface area contributed by atoms with Gasteiger partial charge in [0.05, 0.1) is 18.7 Å². The Bertz CT molecular complexity index is 1040. The van der Waals surface area contributed by atoms with Crippen molar-refractivity contribution < 1.29 is 9.53 Å². The predicted molar refractivity (Wildman–Crippen MR) is 114 cm³/mol. The fraction of sp³-hybridized carbons (Fsp3) is 0.417.